The number of anilines is 1. The predicted octanol–water partition coefficient (Wildman–Crippen LogP) is 0.895. The minimum absolute atomic E-state index is 0.0272. The number of amides is 1. The van der Waals surface area contributed by atoms with E-state index in [4.69, 9.17) is 0 Å². The van der Waals surface area contributed by atoms with Crippen LogP contribution in [0.4, 0.5) is 11.4 Å². The summed E-state index contributed by atoms with van der Waals surface area (Å²) in [6.07, 6.45) is 0.441. The number of non-ortho nitro benzene ring substituents is 1. The molecule has 6 heteroatoms. The number of hydrogen-bond acceptors (Lipinski definition) is 4. The van der Waals surface area contributed by atoms with Gasteiger partial charge in [0, 0.05) is 30.8 Å². The first-order chi connectivity index (χ1) is 7.65. The molecule has 0 aliphatic carbocycles. The molecular formula is C10H11N3O3. The summed E-state index contributed by atoms with van der Waals surface area (Å²) in [4.78, 5) is 20.9. The highest BCUT2D eigenvalue weighted by atomic mass is 16.6. The first-order valence-electron chi connectivity index (χ1n) is 4.93. The molecule has 1 unspecified atom stereocenters. The third kappa shape index (κ3) is 2.28. The van der Waals surface area contributed by atoms with Crippen molar-refractivity contribution in [2.75, 3.05) is 11.9 Å². The summed E-state index contributed by atoms with van der Waals surface area (Å²) in [7, 11) is 0. The molecule has 1 aromatic rings. The second-order valence-electron chi connectivity index (χ2n) is 3.65. The fourth-order valence-electron chi connectivity index (χ4n) is 1.62. The van der Waals surface area contributed by atoms with E-state index >= 15 is 0 Å². The van der Waals surface area contributed by atoms with E-state index in [1.165, 1.54) is 12.1 Å². The zero-order valence-corrected chi connectivity index (χ0v) is 8.47. The number of carbonyl (C=O) groups is 1. The molecule has 6 nitrogen and oxygen atoms in total. The van der Waals surface area contributed by atoms with Crippen LogP contribution in [0.5, 0.6) is 0 Å². The maximum atomic E-state index is 10.9. The lowest BCUT2D eigenvalue weighted by atomic mass is 10.2. The molecule has 0 aromatic heterocycles. The fraction of sp³-hybridized carbons (Fsp3) is 0.300. The van der Waals surface area contributed by atoms with Gasteiger partial charge in [-0.05, 0) is 12.1 Å². The Bertz CT molecular complexity index is 416. The van der Waals surface area contributed by atoms with E-state index in [9.17, 15) is 14.9 Å². The highest BCUT2D eigenvalue weighted by Crippen LogP contribution is 2.17. The second kappa shape index (κ2) is 4.18. The lowest BCUT2D eigenvalue weighted by molar-refractivity contribution is -0.384. The molecule has 0 radical (unpaired) electrons. The smallest absolute Gasteiger partial charge is 0.269 e. The average Bonchev–Trinajstić information content (AvgIpc) is 2.65. The van der Waals surface area contributed by atoms with Crippen molar-refractivity contribution >= 4 is 17.3 Å². The number of nitro benzene ring substituents is 1. The molecular weight excluding hydrogens is 210 g/mol. The van der Waals surface area contributed by atoms with Gasteiger partial charge in [0.25, 0.3) is 5.69 Å². The lowest BCUT2D eigenvalue weighted by Gasteiger charge is -2.11. The van der Waals surface area contributed by atoms with Crippen molar-refractivity contribution in [3.8, 4) is 0 Å². The van der Waals surface area contributed by atoms with Gasteiger partial charge >= 0.3 is 0 Å². The van der Waals surface area contributed by atoms with Crippen LogP contribution in [-0.2, 0) is 4.79 Å². The number of nitro groups is 1. The molecule has 2 rings (SSSR count). The van der Waals surface area contributed by atoms with Crippen LogP contribution in [0.1, 0.15) is 6.42 Å². The Morgan fingerprint density at radius 3 is 2.56 bits per heavy atom. The lowest BCUT2D eigenvalue weighted by Crippen LogP contribution is -2.22. The van der Waals surface area contributed by atoms with Crippen LogP contribution in [0.25, 0.3) is 0 Å². The number of rotatable bonds is 3. The van der Waals surface area contributed by atoms with Crippen LogP contribution in [0.2, 0.25) is 0 Å². The van der Waals surface area contributed by atoms with Crippen molar-refractivity contribution in [1.29, 1.82) is 0 Å². The molecule has 16 heavy (non-hydrogen) atoms. The standard InChI is InChI=1S/C10H11N3O3/c14-10-5-8(6-11-10)12-7-1-3-9(4-2-7)13(15)16/h1-4,8,12H,5-6H2,(H,11,14). The van der Waals surface area contributed by atoms with Gasteiger partial charge in [-0.1, -0.05) is 0 Å². The average molecular weight is 221 g/mol. The van der Waals surface area contributed by atoms with Gasteiger partial charge in [0.2, 0.25) is 5.91 Å². The SMILES string of the molecule is O=C1CC(Nc2ccc([N+](=O)[O-])cc2)CN1. The number of nitrogens with one attached hydrogen (secondary N) is 2. The minimum atomic E-state index is -0.440. The monoisotopic (exact) mass is 221 g/mol. The maximum Gasteiger partial charge on any atom is 0.269 e. The van der Waals surface area contributed by atoms with E-state index in [2.05, 4.69) is 10.6 Å². The minimum Gasteiger partial charge on any atom is -0.380 e. The summed E-state index contributed by atoms with van der Waals surface area (Å²) >= 11 is 0. The van der Waals surface area contributed by atoms with E-state index < -0.39 is 4.92 Å². The number of hydrogen-bond donors (Lipinski definition) is 2. The highest BCUT2D eigenvalue weighted by molar-refractivity contribution is 5.79. The molecule has 1 heterocycles. The van der Waals surface area contributed by atoms with Gasteiger partial charge < -0.3 is 10.6 Å². The Morgan fingerprint density at radius 2 is 2.06 bits per heavy atom. The van der Waals surface area contributed by atoms with Crippen LogP contribution in [0.3, 0.4) is 0 Å². The first kappa shape index (κ1) is 10.4. The van der Waals surface area contributed by atoms with E-state index in [1.54, 1.807) is 12.1 Å². The van der Waals surface area contributed by atoms with Crippen molar-refractivity contribution in [1.82, 2.24) is 5.32 Å². The molecule has 2 N–H and O–H groups in total. The topological polar surface area (TPSA) is 84.3 Å². The van der Waals surface area contributed by atoms with Crippen LogP contribution in [-0.4, -0.2) is 23.4 Å². The molecule has 1 aliphatic rings. The van der Waals surface area contributed by atoms with Crippen molar-refractivity contribution in [3.63, 3.8) is 0 Å². The summed E-state index contributed by atoms with van der Waals surface area (Å²) in [6, 6.07) is 6.22. The van der Waals surface area contributed by atoms with E-state index in [1.807, 2.05) is 0 Å². The molecule has 0 bridgehead atoms. The van der Waals surface area contributed by atoms with Gasteiger partial charge in [0.1, 0.15) is 0 Å². The summed E-state index contributed by atoms with van der Waals surface area (Å²) in [5.74, 6) is 0.0272. The zero-order chi connectivity index (χ0) is 11.5. The van der Waals surface area contributed by atoms with Gasteiger partial charge in [-0.15, -0.1) is 0 Å². The molecule has 0 spiro atoms. The molecule has 1 aliphatic heterocycles. The predicted molar refractivity (Wildman–Crippen MR) is 58.1 cm³/mol. The maximum absolute atomic E-state index is 10.9. The molecule has 0 saturated carbocycles. The largest absolute Gasteiger partial charge is 0.380 e. The summed E-state index contributed by atoms with van der Waals surface area (Å²) in [6.45, 7) is 0.593. The number of nitrogens with zero attached hydrogens (tertiary/aromatic N) is 1. The number of benzene rings is 1. The quantitative estimate of drug-likeness (QED) is 0.586. The Labute approximate surface area is 91.8 Å². The molecule has 1 saturated heterocycles. The van der Waals surface area contributed by atoms with E-state index in [0.717, 1.165) is 5.69 Å². The Morgan fingerprint density at radius 1 is 1.38 bits per heavy atom. The van der Waals surface area contributed by atoms with E-state index in [-0.39, 0.29) is 17.6 Å². The highest BCUT2D eigenvalue weighted by Gasteiger charge is 2.20. The van der Waals surface area contributed by atoms with Gasteiger partial charge in [-0.3, -0.25) is 14.9 Å². The summed E-state index contributed by atoms with van der Waals surface area (Å²) < 4.78 is 0. The molecule has 1 fully saturated rings. The van der Waals surface area contributed by atoms with Crippen LogP contribution >= 0.6 is 0 Å². The summed E-state index contributed by atoms with van der Waals surface area (Å²) in [5.41, 5.74) is 0.846. The zero-order valence-electron chi connectivity index (χ0n) is 8.47. The number of carbonyl (C=O) groups excluding carboxylic acids is 1. The third-order valence-corrected chi connectivity index (χ3v) is 2.43. The molecule has 1 atom stereocenters. The second-order valence-corrected chi connectivity index (χ2v) is 3.65. The third-order valence-electron chi connectivity index (χ3n) is 2.43. The fourth-order valence-corrected chi connectivity index (χ4v) is 1.62. The van der Waals surface area contributed by atoms with Gasteiger partial charge in [-0.25, -0.2) is 0 Å². The Balaban J connectivity index is 2.00. The van der Waals surface area contributed by atoms with Gasteiger partial charge in [0.05, 0.1) is 11.0 Å². The Hall–Kier alpha value is -2.11. The van der Waals surface area contributed by atoms with Crippen molar-refractivity contribution in [3.05, 3.63) is 34.4 Å². The van der Waals surface area contributed by atoms with Crippen LogP contribution in [0, 0.1) is 10.1 Å². The van der Waals surface area contributed by atoms with Crippen LogP contribution < -0.4 is 10.6 Å². The van der Waals surface area contributed by atoms with Gasteiger partial charge in [0.15, 0.2) is 0 Å². The van der Waals surface area contributed by atoms with Crippen LogP contribution in [0.15, 0.2) is 24.3 Å². The normalized spacial score (nSPS) is 19.2. The molecule has 1 aromatic carbocycles. The first-order valence-corrected chi connectivity index (χ1v) is 4.93. The van der Waals surface area contributed by atoms with Crippen molar-refractivity contribution < 1.29 is 9.72 Å². The van der Waals surface area contributed by atoms with Crippen molar-refractivity contribution in [2.24, 2.45) is 0 Å². The van der Waals surface area contributed by atoms with E-state index in [0.29, 0.717) is 13.0 Å². The summed E-state index contributed by atoms with van der Waals surface area (Å²) in [5, 5.41) is 16.3. The van der Waals surface area contributed by atoms with Crippen molar-refractivity contribution in [2.45, 2.75) is 12.5 Å². The molecule has 84 valence electrons. The molecule has 1 amide bonds. The Kier molecular flexibility index (Phi) is 2.72. The van der Waals surface area contributed by atoms with Gasteiger partial charge in [-0.2, -0.15) is 0 Å².